The summed E-state index contributed by atoms with van der Waals surface area (Å²) in [5.41, 5.74) is 0. The van der Waals surface area contributed by atoms with Crippen molar-refractivity contribution in [3.05, 3.63) is 12.4 Å². The summed E-state index contributed by atoms with van der Waals surface area (Å²) in [5.74, 6) is 0. The van der Waals surface area contributed by atoms with Crippen LogP contribution in [0.4, 0.5) is 4.79 Å². The number of H-pyrrole nitrogens is 1. The number of rotatable bonds is 3. The van der Waals surface area contributed by atoms with Gasteiger partial charge in [0.2, 0.25) is 5.16 Å². The number of amides is 1. The molecule has 7 nitrogen and oxygen atoms in total. The molecule has 0 bridgehead atoms. The molecule has 0 saturated carbocycles. The van der Waals surface area contributed by atoms with Crippen molar-refractivity contribution in [1.29, 1.82) is 0 Å². The molecule has 0 atom stereocenters. The molecule has 0 aliphatic carbocycles. The molecule has 0 saturated heterocycles. The van der Waals surface area contributed by atoms with Gasteiger partial charge in [0.05, 0.1) is 11.0 Å². The zero-order chi connectivity index (χ0) is 9.90. The second-order valence-electron chi connectivity index (χ2n) is 1.84. The van der Waals surface area contributed by atoms with Gasteiger partial charge in [-0.25, -0.2) is 18.2 Å². The van der Waals surface area contributed by atoms with E-state index in [0.29, 0.717) is 0 Å². The minimum absolute atomic E-state index is 0.0735. The Kier molecular flexibility index (Phi) is 2.78. The Morgan fingerprint density at radius 1 is 1.69 bits per heavy atom. The van der Waals surface area contributed by atoms with E-state index in [-0.39, 0.29) is 16.1 Å². The van der Waals surface area contributed by atoms with Crippen LogP contribution in [-0.2, 0) is 8.87 Å². The standard InChI is InChI=1S/C4H5N3O4S2/c8-4(9)7-12-13(10,11)3-5-1-2-6-3/h1-2,7H,(H,5,6)(H,8,9). The van der Waals surface area contributed by atoms with Crippen LogP contribution in [0.15, 0.2) is 17.6 Å². The maximum atomic E-state index is 11.1. The molecule has 1 amide bonds. The van der Waals surface area contributed by atoms with Crippen LogP contribution in [0.3, 0.4) is 0 Å². The lowest BCUT2D eigenvalue weighted by Crippen LogP contribution is -2.15. The monoisotopic (exact) mass is 223 g/mol. The van der Waals surface area contributed by atoms with Crippen LogP contribution in [0.1, 0.15) is 0 Å². The number of nitrogens with zero attached hydrogens (tertiary/aromatic N) is 1. The fraction of sp³-hybridized carbons (Fsp3) is 0. The number of nitrogens with one attached hydrogen (secondary N) is 2. The van der Waals surface area contributed by atoms with E-state index in [4.69, 9.17) is 5.11 Å². The largest absolute Gasteiger partial charge is 0.464 e. The van der Waals surface area contributed by atoms with Crippen molar-refractivity contribution in [3.63, 3.8) is 0 Å². The van der Waals surface area contributed by atoms with Crippen molar-refractivity contribution >= 4 is 25.9 Å². The van der Waals surface area contributed by atoms with Crippen LogP contribution in [0.5, 0.6) is 0 Å². The maximum absolute atomic E-state index is 11.1. The summed E-state index contributed by atoms with van der Waals surface area (Å²) in [6.07, 6.45) is 1.16. The molecule has 13 heavy (non-hydrogen) atoms. The van der Waals surface area contributed by atoms with Gasteiger partial charge in [0.1, 0.15) is 0 Å². The summed E-state index contributed by atoms with van der Waals surface area (Å²) in [6.45, 7) is 0. The van der Waals surface area contributed by atoms with Gasteiger partial charge in [-0.3, -0.25) is 4.72 Å². The van der Waals surface area contributed by atoms with Crippen LogP contribution >= 0.6 is 11.0 Å². The molecular weight excluding hydrogens is 218 g/mol. The quantitative estimate of drug-likeness (QED) is 0.491. The highest BCUT2D eigenvalue weighted by Gasteiger charge is 2.19. The number of carboxylic acid groups (broad SMARTS) is 1. The van der Waals surface area contributed by atoms with E-state index in [1.807, 2.05) is 0 Å². The normalized spacial score (nSPS) is 11.1. The summed E-state index contributed by atoms with van der Waals surface area (Å²) in [6, 6.07) is 0. The van der Waals surface area contributed by atoms with Crippen LogP contribution in [-0.4, -0.2) is 29.6 Å². The Morgan fingerprint density at radius 3 is 2.85 bits per heavy atom. The molecular formula is C4H5N3O4S2. The SMILES string of the molecule is O=C(O)NSS(=O)(=O)c1ncc[nH]1. The van der Waals surface area contributed by atoms with E-state index in [1.54, 1.807) is 4.72 Å². The molecule has 1 aromatic rings. The molecule has 1 rings (SSSR count). The third-order valence-electron chi connectivity index (χ3n) is 0.949. The zero-order valence-electron chi connectivity index (χ0n) is 6.09. The molecule has 0 aliphatic rings. The van der Waals surface area contributed by atoms with E-state index in [2.05, 4.69) is 9.97 Å². The lowest BCUT2D eigenvalue weighted by molar-refractivity contribution is 0.202. The maximum Gasteiger partial charge on any atom is 0.415 e. The van der Waals surface area contributed by atoms with Crippen molar-refractivity contribution in [2.75, 3.05) is 0 Å². The first-order valence-corrected chi connectivity index (χ1v) is 5.76. The van der Waals surface area contributed by atoms with Crippen LogP contribution in [0, 0.1) is 0 Å². The van der Waals surface area contributed by atoms with Gasteiger partial charge in [-0.1, -0.05) is 0 Å². The summed E-state index contributed by atoms with van der Waals surface area (Å²) < 4.78 is 23.9. The molecule has 0 aromatic carbocycles. The Bertz CT molecular complexity index is 384. The summed E-state index contributed by atoms with van der Waals surface area (Å²) >= 11 is 0. The molecule has 1 heterocycles. The van der Waals surface area contributed by atoms with Gasteiger partial charge in [-0.05, 0) is 0 Å². The third kappa shape index (κ3) is 2.63. The van der Waals surface area contributed by atoms with Gasteiger partial charge in [0, 0.05) is 12.4 Å². The zero-order valence-corrected chi connectivity index (χ0v) is 7.72. The second kappa shape index (κ2) is 3.66. The lowest BCUT2D eigenvalue weighted by Gasteiger charge is -1.97. The molecule has 0 fully saturated rings. The number of imidazole rings is 1. The van der Waals surface area contributed by atoms with E-state index < -0.39 is 15.0 Å². The molecule has 72 valence electrons. The second-order valence-corrected chi connectivity index (χ2v) is 5.32. The highest BCUT2D eigenvalue weighted by Crippen LogP contribution is 2.15. The lowest BCUT2D eigenvalue weighted by atomic mass is 11.0. The molecule has 3 N–H and O–H groups in total. The van der Waals surface area contributed by atoms with Gasteiger partial charge < -0.3 is 10.1 Å². The number of aromatic amines is 1. The average molecular weight is 223 g/mol. The van der Waals surface area contributed by atoms with Crippen LogP contribution < -0.4 is 4.72 Å². The van der Waals surface area contributed by atoms with Crippen molar-refractivity contribution < 1.29 is 18.3 Å². The first-order chi connectivity index (χ1) is 6.02. The minimum Gasteiger partial charge on any atom is -0.464 e. The third-order valence-corrected chi connectivity index (χ3v) is 3.50. The van der Waals surface area contributed by atoms with Gasteiger partial charge in [-0.15, -0.1) is 0 Å². The Balaban J connectivity index is 2.74. The fourth-order valence-corrected chi connectivity index (χ4v) is 2.23. The van der Waals surface area contributed by atoms with E-state index in [0.717, 1.165) is 0 Å². The van der Waals surface area contributed by atoms with E-state index in [1.165, 1.54) is 12.4 Å². The average Bonchev–Trinajstić information content (AvgIpc) is 2.53. The molecule has 0 unspecified atom stereocenters. The van der Waals surface area contributed by atoms with Crippen LogP contribution in [0.25, 0.3) is 0 Å². The highest BCUT2D eigenvalue weighted by molar-refractivity contribution is 8.71. The fourth-order valence-electron chi connectivity index (χ4n) is 0.517. The highest BCUT2D eigenvalue weighted by atomic mass is 33.1. The Labute approximate surface area is 77.0 Å². The van der Waals surface area contributed by atoms with E-state index >= 15 is 0 Å². The van der Waals surface area contributed by atoms with Crippen molar-refractivity contribution in [3.8, 4) is 0 Å². The number of hydrogen-bond acceptors (Lipinski definition) is 5. The first-order valence-electron chi connectivity index (χ1n) is 2.94. The Hall–Kier alpha value is -1.22. The molecule has 0 spiro atoms. The first kappa shape index (κ1) is 9.86. The molecule has 0 radical (unpaired) electrons. The van der Waals surface area contributed by atoms with Crippen molar-refractivity contribution in [1.82, 2.24) is 14.7 Å². The molecule has 1 aromatic heterocycles. The number of carbonyl (C=O) groups is 1. The Morgan fingerprint density at radius 2 is 2.38 bits per heavy atom. The summed E-state index contributed by atoms with van der Waals surface area (Å²) in [7, 11) is -3.68. The number of aromatic nitrogens is 2. The van der Waals surface area contributed by atoms with Gasteiger partial charge in [-0.2, -0.15) is 0 Å². The summed E-state index contributed by atoms with van der Waals surface area (Å²) in [5, 5.41) is 7.86. The smallest absolute Gasteiger partial charge is 0.415 e. The minimum atomic E-state index is -3.75. The van der Waals surface area contributed by atoms with E-state index in [9.17, 15) is 13.2 Å². The predicted molar refractivity (Wildman–Crippen MR) is 44.5 cm³/mol. The van der Waals surface area contributed by atoms with Crippen molar-refractivity contribution in [2.24, 2.45) is 0 Å². The molecule has 9 heteroatoms. The topological polar surface area (TPSA) is 112 Å². The molecule has 0 aliphatic heterocycles. The van der Waals surface area contributed by atoms with Crippen LogP contribution in [0.2, 0.25) is 0 Å². The van der Waals surface area contributed by atoms with Gasteiger partial charge in [0.25, 0.3) is 8.87 Å². The predicted octanol–water partition coefficient (Wildman–Crippen LogP) is 0.0142. The van der Waals surface area contributed by atoms with Gasteiger partial charge >= 0.3 is 6.09 Å². The van der Waals surface area contributed by atoms with Gasteiger partial charge in [0.15, 0.2) is 0 Å². The number of hydrogen-bond donors (Lipinski definition) is 3. The van der Waals surface area contributed by atoms with Crippen molar-refractivity contribution in [2.45, 2.75) is 5.16 Å². The summed E-state index contributed by atoms with van der Waals surface area (Å²) in [4.78, 5) is 15.8.